The summed E-state index contributed by atoms with van der Waals surface area (Å²) >= 11 is 6.20. The second-order valence-electron chi connectivity index (χ2n) is 5.15. The Kier molecular flexibility index (Phi) is 4.26. The number of hydrogen-bond donors (Lipinski definition) is 0. The monoisotopic (exact) mass is 360 g/mol. The van der Waals surface area contributed by atoms with Gasteiger partial charge in [0.2, 0.25) is 0 Å². The van der Waals surface area contributed by atoms with Crippen LogP contribution in [0.5, 0.6) is 0 Å². The van der Waals surface area contributed by atoms with E-state index in [2.05, 4.69) is 4.40 Å². The van der Waals surface area contributed by atoms with Crippen molar-refractivity contribution in [2.75, 3.05) is 0 Å². The molecule has 1 heterocycles. The van der Waals surface area contributed by atoms with Crippen LogP contribution in [-0.4, -0.2) is 18.3 Å². The summed E-state index contributed by atoms with van der Waals surface area (Å²) in [6.45, 7) is 1.36. The summed E-state index contributed by atoms with van der Waals surface area (Å²) in [6, 6.07) is 16.2. The minimum atomic E-state index is -3.90. The quantitative estimate of drug-likeness (QED) is 0.674. The van der Waals surface area contributed by atoms with Crippen LogP contribution in [0.25, 0.3) is 10.9 Å². The van der Waals surface area contributed by atoms with Gasteiger partial charge in [-0.05, 0) is 24.3 Å². The topological polar surface area (TPSA) is 68.5 Å². The largest absolute Gasteiger partial charge is 0.293 e. The molecule has 7 heteroatoms. The maximum atomic E-state index is 12.5. The molecule has 0 N–H and O–H groups in total. The van der Waals surface area contributed by atoms with Crippen molar-refractivity contribution in [1.29, 1.82) is 0 Å². The molecule has 5 nitrogen and oxygen atoms in total. The molecule has 0 radical (unpaired) electrons. The Balaban J connectivity index is 2.38. The van der Waals surface area contributed by atoms with Crippen LogP contribution in [0, 0.1) is 0 Å². The first-order valence-corrected chi connectivity index (χ1v) is 8.86. The lowest BCUT2D eigenvalue weighted by atomic mass is 10.1. The molecule has 0 amide bonds. The fourth-order valence-electron chi connectivity index (χ4n) is 2.35. The Bertz CT molecular complexity index is 1100. The van der Waals surface area contributed by atoms with Crippen molar-refractivity contribution in [2.24, 2.45) is 4.40 Å². The van der Waals surface area contributed by atoms with E-state index in [-0.39, 0.29) is 21.7 Å². The highest BCUT2D eigenvalue weighted by atomic mass is 35.5. The van der Waals surface area contributed by atoms with E-state index in [9.17, 15) is 13.2 Å². The van der Waals surface area contributed by atoms with E-state index in [0.29, 0.717) is 10.9 Å². The molecule has 1 aromatic heterocycles. The van der Waals surface area contributed by atoms with E-state index in [0.717, 1.165) is 0 Å². The zero-order valence-electron chi connectivity index (χ0n) is 12.7. The van der Waals surface area contributed by atoms with Crippen molar-refractivity contribution in [3.63, 3.8) is 0 Å². The highest BCUT2D eigenvalue weighted by Gasteiger charge is 2.14. The summed E-state index contributed by atoms with van der Waals surface area (Å²) < 4.78 is 30.2. The summed E-state index contributed by atoms with van der Waals surface area (Å²) in [5, 5.41) is 0.716. The van der Waals surface area contributed by atoms with Gasteiger partial charge in [0.1, 0.15) is 5.69 Å². The summed E-state index contributed by atoms with van der Waals surface area (Å²) in [4.78, 5) is 11.9. The number of sulfonamides is 1. The molecule has 24 heavy (non-hydrogen) atoms. The molecule has 0 aliphatic rings. The maximum Gasteiger partial charge on any atom is 0.282 e. The van der Waals surface area contributed by atoms with Crippen LogP contribution in [0.4, 0.5) is 0 Å². The van der Waals surface area contributed by atoms with Crippen molar-refractivity contribution in [3.05, 3.63) is 71.7 Å². The van der Waals surface area contributed by atoms with Gasteiger partial charge in [0.25, 0.3) is 10.0 Å². The number of halogens is 1. The molecule has 0 saturated heterocycles. The van der Waals surface area contributed by atoms with Crippen molar-refractivity contribution < 1.29 is 13.2 Å². The second kappa shape index (κ2) is 6.22. The first kappa shape index (κ1) is 16.4. The minimum Gasteiger partial charge on any atom is -0.293 e. The first-order chi connectivity index (χ1) is 11.4. The number of Topliss-reactive ketones (excluding diaryl/α,β-unsaturated/α-hetero) is 1. The average Bonchev–Trinajstić information content (AvgIpc) is 2.58. The van der Waals surface area contributed by atoms with Gasteiger partial charge in [0.15, 0.2) is 5.78 Å². The standard InChI is InChI=1S/C17H13ClN2O3S/c1-12(21)17-11-15(14-9-5-6-10-16(14)20(17)18)19-24(22,23)13-7-3-2-4-8-13/h2-11H,1H3. The Morgan fingerprint density at radius 3 is 2.33 bits per heavy atom. The van der Waals surface area contributed by atoms with Crippen LogP contribution in [0.2, 0.25) is 0 Å². The molecule has 0 aliphatic heterocycles. The highest BCUT2D eigenvalue weighted by molar-refractivity contribution is 7.90. The number of fused-ring (bicyclic) bond motifs is 1. The molecule has 0 aliphatic carbocycles. The van der Waals surface area contributed by atoms with Gasteiger partial charge in [-0.25, -0.2) is 4.09 Å². The number of para-hydroxylation sites is 1. The molecular formula is C17H13ClN2O3S. The Morgan fingerprint density at radius 1 is 1.04 bits per heavy atom. The van der Waals surface area contributed by atoms with Crippen molar-refractivity contribution in [1.82, 2.24) is 4.09 Å². The van der Waals surface area contributed by atoms with Gasteiger partial charge >= 0.3 is 0 Å². The predicted octanol–water partition coefficient (Wildman–Crippen LogP) is 3.14. The number of carbonyl (C=O) groups excluding carboxylic acids is 1. The number of nitrogens with zero attached hydrogens (tertiary/aromatic N) is 2. The number of pyridine rings is 1. The number of aromatic nitrogens is 1. The Morgan fingerprint density at radius 2 is 1.67 bits per heavy atom. The molecule has 2 aromatic carbocycles. The molecule has 0 fully saturated rings. The Labute approximate surface area is 144 Å². The minimum absolute atomic E-state index is 0.0843. The SMILES string of the molecule is CC(=O)c1cc(=NS(=O)(=O)c2ccccc2)c2ccccc2n1Cl. The number of rotatable bonds is 3. The lowest BCUT2D eigenvalue weighted by molar-refractivity contribution is 0.101. The number of benzene rings is 2. The predicted molar refractivity (Wildman–Crippen MR) is 92.4 cm³/mol. The molecule has 3 aromatic rings. The molecule has 0 atom stereocenters. The van der Waals surface area contributed by atoms with Gasteiger partial charge < -0.3 is 0 Å². The van der Waals surface area contributed by atoms with E-state index in [1.807, 2.05) is 0 Å². The van der Waals surface area contributed by atoms with Gasteiger partial charge in [-0.15, -0.1) is 0 Å². The third-order valence-corrected chi connectivity index (χ3v) is 5.17. The van der Waals surface area contributed by atoms with Gasteiger partial charge in [-0.3, -0.25) is 4.79 Å². The zero-order chi connectivity index (χ0) is 17.3. The van der Waals surface area contributed by atoms with Crippen molar-refractivity contribution in [2.45, 2.75) is 11.8 Å². The summed E-state index contributed by atoms with van der Waals surface area (Å²) in [5.41, 5.74) is 0.672. The van der Waals surface area contributed by atoms with Crippen LogP contribution in [0.15, 0.2) is 70.0 Å². The van der Waals surface area contributed by atoms with Crippen molar-refractivity contribution >= 4 is 38.5 Å². The lowest BCUT2D eigenvalue weighted by Crippen LogP contribution is -2.15. The number of carbonyl (C=O) groups is 1. The zero-order valence-corrected chi connectivity index (χ0v) is 14.3. The van der Waals surface area contributed by atoms with Crippen LogP contribution in [0.1, 0.15) is 17.4 Å². The van der Waals surface area contributed by atoms with E-state index in [1.165, 1.54) is 29.2 Å². The van der Waals surface area contributed by atoms with E-state index >= 15 is 0 Å². The smallest absolute Gasteiger partial charge is 0.282 e. The average molecular weight is 361 g/mol. The maximum absolute atomic E-state index is 12.5. The fraction of sp³-hybridized carbons (Fsp3) is 0.0588. The summed E-state index contributed by atoms with van der Waals surface area (Å²) in [7, 11) is -3.90. The van der Waals surface area contributed by atoms with Crippen LogP contribution >= 0.6 is 11.8 Å². The molecule has 0 spiro atoms. The normalized spacial score (nSPS) is 12.5. The molecular weight excluding hydrogens is 348 g/mol. The molecule has 0 bridgehead atoms. The third-order valence-electron chi connectivity index (χ3n) is 3.50. The molecule has 0 saturated carbocycles. The summed E-state index contributed by atoms with van der Waals surface area (Å²) in [6.07, 6.45) is 0. The van der Waals surface area contributed by atoms with Crippen LogP contribution in [-0.2, 0) is 10.0 Å². The van der Waals surface area contributed by atoms with Gasteiger partial charge in [0, 0.05) is 24.1 Å². The van der Waals surface area contributed by atoms with Crippen LogP contribution < -0.4 is 5.36 Å². The summed E-state index contributed by atoms with van der Waals surface area (Å²) in [5.74, 6) is -0.288. The van der Waals surface area contributed by atoms with Gasteiger partial charge in [-0.1, -0.05) is 36.4 Å². The second-order valence-corrected chi connectivity index (χ2v) is 7.09. The molecule has 3 rings (SSSR count). The lowest BCUT2D eigenvalue weighted by Gasteiger charge is -2.08. The van der Waals surface area contributed by atoms with Crippen LogP contribution in [0.3, 0.4) is 0 Å². The third kappa shape index (κ3) is 2.98. The first-order valence-electron chi connectivity index (χ1n) is 7.08. The van der Waals surface area contributed by atoms with Crippen molar-refractivity contribution in [3.8, 4) is 0 Å². The molecule has 122 valence electrons. The van der Waals surface area contributed by atoms with E-state index in [4.69, 9.17) is 11.8 Å². The number of ketones is 1. The Hall–Kier alpha value is -2.44. The molecule has 0 unspecified atom stereocenters. The van der Waals surface area contributed by atoms with Gasteiger partial charge in [-0.2, -0.15) is 12.8 Å². The fourth-order valence-corrected chi connectivity index (χ4v) is 3.68. The number of hydrogen-bond acceptors (Lipinski definition) is 3. The van der Waals surface area contributed by atoms with E-state index in [1.54, 1.807) is 42.5 Å². The van der Waals surface area contributed by atoms with E-state index < -0.39 is 10.0 Å². The van der Waals surface area contributed by atoms with Gasteiger partial charge in [0.05, 0.1) is 15.8 Å². The highest BCUT2D eigenvalue weighted by Crippen LogP contribution is 2.16.